The highest BCUT2D eigenvalue weighted by atomic mass is 127. The van der Waals surface area contributed by atoms with Crippen molar-refractivity contribution in [2.24, 2.45) is 4.99 Å². The summed E-state index contributed by atoms with van der Waals surface area (Å²) in [5.41, 5.74) is 1.07. The fourth-order valence-corrected chi connectivity index (χ4v) is 2.90. The highest BCUT2D eigenvalue weighted by Crippen LogP contribution is 2.19. The van der Waals surface area contributed by atoms with Crippen LogP contribution in [0.2, 0.25) is 0 Å². The van der Waals surface area contributed by atoms with Gasteiger partial charge in [-0.05, 0) is 35.0 Å². The molecule has 0 unspecified atom stereocenters. The number of furan rings is 1. The summed E-state index contributed by atoms with van der Waals surface area (Å²) in [5, 5.41) is 8.61. The zero-order valence-corrected chi connectivity index (χ0v) is 15.8. The van der Waals surface area contributed by atoms with Crippen molar-refractivity contribution < 1.29 is 4.42 Å². The van der Waals surface area contributed by atoms with E-state index in [2.05, 4.69) is 49.9 Å². The van der Waals surface area contributed by atoms with Crippen molar-refractivity contribution >= 4 is 57.2 Å². The van der Waals surface area contributed by atoms with Gasteiger partial charge in [-0.2, -0.15) is 0 Å². The minimum Gasteiger partial charge on any atom is -0.472 e. The van der Waals surface area contributed by atoms with E-state index in [1.807, 2.05) is 6.07 Å². The number of halogens is 2. The van der Waals surface area contributed by atoms with Gasteiger partial charge in [-0.1, -0.05) is 0 Å². The highest BCUT2D eigenvalue weighted by molar-refractivity contribution is 14.0. The molecule has 2 aromatic rings. The second-order valence-corrected chi connectivity index (χ2v) is 5.82. The zero-order valence-electron chi connectivity index (χ0n) is 11.1. The Hall–Kier alpha value is -0.540. The molecule has 0 radical (unpaired) electrons. The van der Waals surface area contributed by atoms with E-state index in [0.717, 1.165) is 29.1 Å². The second-order valence-electron chi connectivity index (χ2n) is 3.91. The predicted molar refractivity (Wildman–Crippen MR) is 97.8 cm³/mol. The second kappa shape index (κ2) is 9.41. The number of aliphatic imine (C=N–C) groups is 1. The summed E-state index contributed by atoms with van der Waals surface area (Å²) in [5.74, 6) is 0.813. The van der Waals surface area contributed by atoms with E-state index in [9.17, 15) is 0 Å². The van der Waals surface area contributed by atoms with Crippen LogP contribution in [0.5, 0.6) is 0 Å². The number of nitrogens with zero attached hydrogens (tertiary/aromatic N) is 1. The van der Waals surface area contributed by atoms with E-state index in [1.165, 1.54) is 4.88 Å². The van der Waals surface area contributed by atoms with E-state index in [0.29, 0.717) is 6.54 Å². The molecule has 0 aliphatic heterocycles. The average molecular weight is 470 g/mol. The molecule has 20 heavy (non-hydrogen) atoms. The molecule has 0 amide bonds. The van der Waals surface area contributed by atoms with Crippen LogP contribution < -0.4 is 10.6 Å². The first-order chi connectivity index (χ1) is 9.28. The molecule has 2 rings (SSSR count). The van der Waals surface area contributed by atoms with Crippen LogP contribution in [0, 0.1) is 0 Å². The molecule has 0 spiro atoms. The van der Waals surface area contributed by atoms with Gasteiger partial charge < -0.3 is 15.1 Å². The first-order valence-electron chi connectivity index (χ1n) is 6.04. The Morgan fingerprint density at radius 1 is 1.45 bits per heavy atom. The van der Waals surface area contributed by atoms with Gasteiger partial charge in [-0.25, -0.2) is 4.99 Å². The third-order valence-corrected chi connectivity index (χ3v) is 4.09. The van der Waals surface area contributed by atoms with Crippen LogP contribution in [-0.2, 0) is 13.1 Å². The minimum absolute atomic E-state index is 0. The van der Waals surface area contributed by atoms with Crippen LogP contribution in [-0.4, -0.2) is 12.5 Å². The minimum atomic E-state index is 0. The third-order valence-electron chi connectivity index (χ3n) is 2.40. The van der Waals surface area contributed by atoms with E-state index in [4.69, 9.17) is 4.42 Å². The lowest BCUT2D eigenvalue weighted by molar-refractivity contribution is 0.564. The fourth-order valence-electron chi connectivity index (χ4n) is 1.51. The summed E-state index contributed by atoms with van der Waals surface area (Å²) in [6, 6.07) is 4.03. The van der Waals surface area contributed by atoms with Gasteiger partial charge in [0.15, 0.2) is 5.96 Å². The monoisotopic (exact) mass is 469 g/mol. The smallest absolute Gasteiger partial charge is 0.191 e. The summed E-state index contributed by atoms with van der Waals surface area (Å²) < 4.78 is 6.15. The van der Waals surface area contributed by atoms with Gasteiger partial charge in [0, 0.05) is 26.8 Å². The van der Waals surface area contributed by atoms with E-state index >= 15 is 0 Å². The van der Waals surface area contributed by atoms with Crippen LogP contribution in [0.4, 0.5) is 0 Å². The summed E-state index contributed by atoms with van der Waals surface area (Å²) in [6.45, 7) is 4.27. The van der Waals surface area contributed by atoms with Gasteiger partial charge in [-0.15, -0.1) is 35.3 Å². The van der Waals surface area contributed by atoms with E-state index in [1.54, 1.807) is 23.9 Å². The summed E-state index contributed by atoms with van der Waals surface area (Å²) in [7, 11) is 0. The summed E-state index contributed by atoms with van der Waals surface area (Å²) in [4.78, 5) is 5.77. The van der Waals surface area contributed by atoms with Crippen LogP contribution >= 0.6 is 51.2 Å². The standard InChI is InChI=1S/C13H16BrN3OS.HI/c1-2-15-13(16-6-10-3-4-18-8-10)17-7-12-5-11(14)9-19-12;/h3-5,8-9H,2,6-7H2,1H3,(H2,15,16,17);1H. The maximum atomic E-state index is 5.03. The van der Waals surface area contributed by atoms with Crippen LogP contribution in [0.25, 0.3) is 0 Å². The predicted octanol–water partition coefficient (Wildman–Crippen LogP) is 3.98. The lowest BCUT2D eigenvalue weighted by atomic mass is 10.3. The van der Waals surface area contributed by atoms with Crippen molar-refractivity contribution in [1.29, 1.82) is 0 Å². The van der Waals surface area contributed by atoms with Crippen LogP contribution in [0.1, 0.15) is 17.4 Å². The number of nitrogens with one attached hydrogen (secondary N) is 2. The van der Waals surface area contributed by atoms with E-state index in [-0.39, 0.29) is 24.0 Å². The normalized spacial score (nSPS) is 11.0. The maximum Gasteiger partial charge on any atom is 0.191 e. The molecular weight excluding hydrogens is 453 g/mol. The third kappa shape index (κ3) is 5.84. The Morgan fingerprint density at radius 2 is 2.30 bits per heavy atom. The number of thiophene rings is 1. The van der Waals surface area contributed by atoms with Gasteiger partial charge in [0.05, 0.1) is 25.6 Å². The first kappa shape index (κ1) is 17.5. The van der Waals surface area contributed by atoms with Crippen molar-refractivity contribution in [3.05, 3.63) is 45.0 Å². The molecule has 0 saturated heterocycles. The average Bonchev–Trinajstić information content (AvgIpc) is 3.04. The molecule has 0 atom stereocenters. The molecule has 2 N–H and O–H groups in total. The zero-order chi connectivity index (χ0) is 13.5. The Labute approximate surface area is 148 Å². The molecule has 0 aromatic carbocycles. The van der Waals surface area contributed by atoms with Crippen molar-refractivity contribution in [2.45, 2.75) is 20.0 Å². The van der Waals surface area contributed by atoms with Gasteiger partial charge in [0.25, 0.3) is 0 Å². The summed E-state index contributed by atoms with van der Waals surface area (Å²) in [6.07, 6.45) is 3.37. The molecule has 0 fully saturated rings. The SMILES string of the molecule is CCNC(=NCc1ccoc1)NCc1cc(Br)cs1.I. The molecule has 110 valence electrons. The van der Waals surface area contributed by atoms with Gasteiger partial charge in [0.1, 0.15) is 0 Å². The van der Waals surface area contributed by atoms with Crippen molar-refractivity contribution in [3.63, 3.8) is 0 Å². The van der Waals surface area contributed by atoms with E-state index < -0.39 is 0 Å². The van der Waals surface area contributed by atoms with Gasteiger partial charge in [-0.3, -0.25) is 0 Å². The Morgan fingerprint density at radius 3 is 2.90 bits per heavy atom. The molecule has 2 aromatic heterocycles. The van der Waals surface area contributed by atoms with Gasteiger partial charge >= 0.3 is 0 Å². The molecule has 0 aliphatic carbocycles. The largest absolute Gasteiger partial charge is 0.472 e. The van der Waals surface area contributed by atoms with Crippen LogP contribution in [0.15, 0.2) is 43.9 Å². The molecule has 0 bridgehead atoms. The number of guanidine groups is 1. The molecular formula is C13H17BrIN3OS. The Kier molecular flexibility index (Phi) is 8.24. The number of hydrogen-bond donors (Lipinski definition) is 2. The fraction of sp³-hybridized carbons (Fsp3) is 0.308. The van der Waals surface area contributed by atoms with Crippen molar-refractivity contribution in [3.8, 4) is 0 Å². The molecule has 0 saturated carbocycles. The lowest BCUT2D eigenvalue weighted by Crippen LogP contribution is -2.36. The van der Waals surface area contributed by atoms with Crippen molar-refractivity contribution in [1.82, 2.24) is 10.6 Å². The van der Waals surface area contributed by atoms with Crippen LogP contribution in [0.3, 0.4) is 0 Å². The quantitative estimate of drug-likeness (QED) is 0.395. The number of hydrogen-bond acceptors (Lipinski definition) is 3. The Balaban J connectivity index is 0.00000200. The molecule has 4 nitrogen and oxygen atoms in total. The van der Waals surface area contributed by atoms with Gasteiger partial charge in [0.2, 0.25) is 0 Å². The Bertz CT molecular complexity index is 527. The topological polar surface area (TPSA) is 49.6 Å². The first-order valence-corrected chi connectivity index (χ1v) is 7.71. The summed E-state index contributed by atoms with van der Waals surface area (Å²) >= 11 is 5.17. The maximum absolute atomic E-state index is 5.03. The number of rotatable bonds is 5. The molecule has 7 heteroatoms. The van der Waals surface area contributed by atoms with Crippen molar-refractivity contribution in [2.75, 3.05) is 6.54 Å². The molecule has 0 aliphatic rings. The lowest BCUT2D eigenvalue weighted by Gasteiger charge is -2.09. The molecule has 2 heterocycles. The highest BCUT2D eigenvalue weighted by Gasteiger charge is 2.01.